The molecule has 1 N–H and O–H groups in total. The Morgan fingerprint density at radius 1 is 1.53 bits per heavy atom. The van der Waals surface area contributed by atoms with Gasteiger partial charge in [-0.2, -0.15) is 0 Å². The van der Waals surface area contributed by atoms with E-state index in [0.29, 0.717) is 18.8 Å². The van der Waals surface area contributed by atoms with Gasteiger partial charge in [-0.05, 0) is 18.6 Å². The lowest BCUT2D eigenvalue weighted by Gasteiger charge is -2.33. The fourth-order valence-corrected chi connectivity index (χ4v) is 2.24. The molecule has 2 heterocycles. The van der Waals surface area contributed by atoms with Crippen LogP contribution < -0.4 is 0 Å². The first-order chi connectivity index (χ1) is 9.15. The number of nitrogens with zero attached hydrogens (tertiary/aromatic N) is 2. The van der Waals surface area contributed by atoms with E-state index in [1.165, 1.54) is 4.90 Å². The highest BCUT2D eigenvalue weighted by molar-refractivity contribution is 5.95. The molecule has 1 aliphatic heterocycles. The summed E-state index contributed by atoms with van der Waals surface area (Å²) in [7, 11) is 0. The molecule has 1 atom stereocenters. The lowest BCUT2D eigenvalue weighted by molar-refractivity contribution is -0.147. The highest BCUT2D eigenvalue weighted by atomic mass is 16.5. The first-order valence-corrected chi connectivity index (χ1v) is 6.41. The molecular weight excluding hydrogens is 248 g/mol. The Bertz CT molecular complexity index is 469. The van der Waals surface area contributed by atoms with Crippen LogP contribution in [-0.4, -0.2) is 52.3 Å². The van der Waals surface area contributed by atoms with Gasteiger partial charge in [-0.3, -0.25) is 4.79 Å². The van der Waals surface area contributed by atoms with Crippen LogP contribution in [0.1, 0.15) is 23.8 Å². The van der Waals surface area contributed by atoms with E-state index in [-0.39, 0.29) is 12.5 Å². The molecule has 1 unspecified atom stereocenters. The van der Waals surface area contributed by atoms with Crippen LogP contribution in [0.3, 0.4) is 0 Å². The summed E-state index contributed by atoms with van der Waals surface area (Å²) in [5.41, 5.74) is 0.537. The number of hydrogen-bond acceptors (Lipinski definition) is 3. The summed E-state index contributed by atoms with van der Waals surface area (Å²) < 4.78 is 7.00. The van der Waals surface area contributed by atoms with Crippen molar-refractivity contribution in [3.63, 3.8) is 0 Å². The highest BCUT2D eigenvalue weighted by Gasteiger charge is 2.34. The largest absolute Gasteiger partial charge is 0.480 e. The predicted octanol–water partition coefficient (Wildman–Crippen LogP) is 0.824. The Hall–Kier alpha value is -1.82. The van der Waals surface area contributed by atoms with E-state index < -0.39 is 12.0 Å². The lowest BCUT2D eigenvalue weighted by Crippen LogP contribution is -2.52. The summed E-state index contributed by atoms with van der Waals surface area (Å²) in [6.07, 6.45) is 2.76. The molecule has 1 fully saturated rings. The van der Waals surface area contributed by atoms with Gasteiger partial charge in [0.05, 0.1) is 13.2 Å². The molecule has 6 heteroatoms. The van der Waals surface area contributed by atoms with Crippen molar-refractivity contribution in [2.75, 3.05) is 19.8 Å². The fraction of sp³-hybridized carbons (Fsp3) is 0.538. The molecule has 0 bridgehead atoms. The molecule has 0 aliphatic carbocycles. The number of ether oxygens (including phenoxy) is 1. The van der Waals surface area contributed by atoms with E-state index in [2.05, 4.69) is 0 Å². The molecular formula is C13H18N2O4. The SMILES string of the molecule is CCCn1cccc1C(=O)N1CCOCC1C(=O)O. The van der Waals surface area contributed by atoms with Gasteiger partial charge in [0.25, 0.3) is 5.91 Å². The van der Waals surface area contributed by atoms with Gasteiger partial charge in [-0.15, -0.1) is 0 Å². The number of carboxylic acids is 1. The van der Waals surface area contributed by atoms with Gasteiger partial charge in [-0.25, -0.2) is 4.79 Å². The first kappa shape index (κ1) is 13.6. The van der Waals surface area contributed by atoms with Crippen LogP contribution in [0.25, 0.3) is 0 Å². The van der Waals surface area contributed by atoms with Crippen molar-refractivity contribution < 1.29 is 19.4 Å². The molecule has 0 saturated carbocycles. The molecule has 0 aromatic carbocycles. The molecule has 104 valence electrons. The predicted molar refractivity (Wildman–Crippen MR) is 68.0 cm³/mol. The number of carbonyl (C=O) groups excluding carboxylic acids is 1. The normalized spacial score (nSPS) is 19.4. The quantitative estimate of drug-likeness (QED) is 0.876. The number of aromatic nitrogens is 1. The number of carbonyl (C=O) groups is 2. The van der Waals surface area contributed by atoms with Crippen molar-refractivity contribution in [2.45, 2.75) is 25.9 Å². The standard InChI is InChI=1S/C13H18N2O4/c1-2-5-14-6-3-4-10(14)12(16)15-7-8-19-9-11(15)13(17)18/h3-4,6,11H,2,5,7-9H2,1H3,(H,17,18). The Morgan fingerprint density at radius 3 is 3.00 bits per heavy atom. The highest BCUT2D eigenvalue weighted by Crippen LogP contribution is 2.14. The molecule has 1 saturated heterocycles. The van der Waals surface area contributed by atoms with Gasteiger partial charge >= 0.3 is 5.97 Å². The van der Waals surface area contributed by atoms with Gasteiger partial charge in [0.15, 0.2) is 6.04 Å². The van der Waals surface area contributed by atoms with Crippen molar-refractivity contribution in [1.29, 1.82) is 0 Å². The van der Waals surface area contributed by atoms with Crippen LogP contribution in [0.4, 0.5) is 0 Å². The van der Waals surface area contributed by atoms with Gasteiger partial charge in [-0.1, -0.05) is 6.92 Å². The molecule has 1 aliphatic rings. The van der Waals surface area contributed by atoms with Crippen LogP contribution in [0.15, 0.2) is 18.3 Å². The van der Waals surface area contributed by atoms with Crippen molar-refractivity contribution in [2.24, 2.45) is 0 Å². The number of hydrogen-bond donors (Lipinski definition) is 1. The van der Waals surface area contributed by atoms with Crippen molar-refractivity contribution in [3.05, 3.63) is 24.0 Å². The Balaban J connectivity index is 2.21. The maximum atomic E-state index is 12.5. The van der Waals surface area contributed by atoms with Gasteiger partial charge in [0, 0.05) is 19.3 Å². The van der Waals surface area contributed by atoms with Gasteiger partial charge < -0.3 is 19.3 Å². The maximum absolute atomic E-state index is 12.5. The monoisotopic (exact) mass is 266 g/mol. The third kappa shape index (κ3) is 2.78. The molecule has 0 spiro atoms. The first-order valence-electron chi connectivity index (χ1n) is 6.41. The van der Waals surface area contributed by atoms with E-state index in [9.17, 15) is 9.59 Å². The zero-order valence-electron chi connectivity index (χ0n) is 10.9. The van der Waals surface area contributed by atoms with Crippen LogP contribution in [0, 0.1) is 0 Å². The minimum Gasteiger partial charge on any atom is -0.480 e. The molecule has 2 rings (SSSR count). The maximum Gasteiger partial charge on any atom is 0.328 e. The molecule has 0 radical (unpaired) electrons. The second-order valence-corrected chi connectivity index (χ2v) is 4.51. The van der Waals surface area contributed by atoms with Gasteiger partial charge in [0.2, 0.25) is 0 Å². The van der Waals surface area contributed by atoms with Crippen LogP contribution in [0.5, 0.6) is 0 Å². The van der Waals surface area contributed by atoms with E-state index in [1.54, 1.807) is 12.1 Å². The van der Waals surface area contributed by atoms with Crippen molar-refractivity contribution in [3.8, 4) is 0 Å². The summed E-state index contributed by atoms with van der Waals surface area (Å²) >= 11 is 0. The van der Waals surface area contributed by atoms with Crippen LogP contribution in [-0.2, 0) is 16.1 Å². The number of aliphatic carboxylic acids is 1. The minimum atomic E-state index is -1.03. The smallest absolute Gasteiger partial charge is 0.328 e. The van der Waals surface area contributed by atoms with E-state index in [0.717, 1.165) is 13.0 Å². The summed E-state index contributed by atoms with van der Waals surface area (Å²) in [5.74, 6) is -1.27. The minimum absolute atomic E-state index is 0.0512. The molecule has 1 aromatic heterocycles. The van der Waals surface area contributed by atoms with Crippen molar-refractivity contribution >= 4 is 11.9 Å². The van der Waals surface area contributed by atoms with Crippen LogP contribution >= 0.6 is 0 Å². The van der Waals surface area contributed by atoms with Gasteiger partial charge in [0.1, 0.15) is 5.69 Å². The fourth-order valence-electron chi connectivity index (χ4n) is 2.24. The Kier molecular flexibility index (Phi) is 4.21. The van der Waals surface area contributed by atoms with E-state index in [4.69, 9.17) is 9.84 Å². The second kappa shape index (κ2) is 5.88. The lowest BCUT2D eigenvalue weighted by atomic mass is 10.2. The Morgan fingerprint density at radius 2 is 2.32 bits per heavy atom. The number of amides is 1. The molecule has 1 aromatic rings. The molecule has 1 amide bonds. The zero-order valence-corrected chi connectivity index (χ0v) is 10.9. The third-order valence-electron chi connectivity index (χ3n) is 3.19. The second-order valence-electron chi connectivity index (χ2n) is 4.51. The molecule has 19 heavy (non-hydrogen) atoms. The molecule has 6 nitrogen and oxygen atoms in total. The Labute approximate surface area is 111 Å². The van der Waals surface area contributed by atoms with Crippen LogP contribution in [0.2, 0.25) is 0 Å². The average Bonchev–Trinajstić information content (AvgIpc) is 2.86. The average molecular weight is 266 g/mol. The third-order valence-corrected chi connectivity index (χ3v) is 3.19. The summed E-state index contributed by atoms with van der Waals surface area (Å²) in [4.78, 5) is 25.0. The summed E-state index contributed by atoms with van der Waals surface area (Å²) in [5, 5.41) is 9.15. The topological polar surface area (TPSA) is 71.8 Å². The summed E-state index contributed by atoms with van der Waals surface area (Å²) in [6, 6.07) is 2.64. The zero-order chi connectivity index (χ0) is 13.8. The summed E-state index contributed by atoms with van der Waals surface area (Å²) in [6.45, 7) is 3.52. The number of aryl methyl sites for hydroxylation is 1. The number of carboxylic acid groups (broad SMARTS) is 1. The van der Waals surface area contributed by atoms with E-state index in [1.807, 2.05) is 17.7 Å². The number of rotatable bonds is 4. The van der Waals surface area contributed by atoms with Crippen molar-refractivity contribution in [1.82, 2.24) is 9.47 Å². The van der Waals surface area contributed by atoms with E-state index >= 15 is 0 Å². The number of morpholine rings is 1.